The topological polar surface area (TPSA) is 160 Å². The fourth-order valence-corrected chi connectivity index (χ4v) is 8.19. The van der Waals surface area contributed by atoms with Crippen molar-refractivity contribution in [2.24, 2.45) is 28.6 Å². The van der Waals surface area contributed by atoms with Gasteiger partial charge >= 0.3 is 0 Å². The SMILES string of the molecule is C=C1[C@@H]2CC[C@H]3C(C)=C[C@]2(C[C@@H](O)[C@@]2(O)[C@H]1C[C@H](O[C@@H]1O[C@H](CO)[C@@H](O)[C@H](O)[C@H]1O)C2(C)C)[C@@H]3O. The average molecular weight is 497 g/mol. The molecule has 4 fully saturated rings. The lowest BCUT2D eigenvalue weighted by Gasteiger charge is -2.47. The summed E-state index contributed by atoms with van der Waals surface area (Å²) < 4.78 is 11.7. The van der Waals surface area contributed by atoms with Gasteiger partial charge in [0.05, 0.1) is 24.9 Å². The monoisotopic (exact) mass is 496 g/mol. The standard InChI is InChI=1S/C26H40O9/c1-11-8-25-9-17(28)26(33)15(12(2)14(25)6-5-13(11)22(25)32)7-18(24(26,3)4)35-23-21(31)20(30)19(29)16(10-27)34-23/h8,13-23,27-33H,2,5-7,9-10H2,1,3-4H3/t13-,14-,15-,16+,17+,18-,19+,20-,21+,22+,23-,25+,26-/m0/s1. The van der Waals surface area contributed by atoms with Crippen LogP contribution in [0.25, 0.3) is 0 Å². The Balaban J connectivity index is 1.46. The van der Waals surface area contributed by atoms with E-state index in [0.29, 0.717) is 6.42 Å². The molecule has 9 nitrogen and oxygen atoms in total. The first-order valence-electron chi connectivity index (χ1n) is 12.7. The fourth-order valence-electron chi connectivity index (χ4n) is 8.19. The summed E-state index contributed by atoms with van der Waals surface area (Å²) in [6.07, 6.45) is -5.31. The van der Waals surface area contributed by atoms with E-state index in [1.807, 2.05) is 6.92 Å². The predicted molar refractivity (Wildman–Crippen MR) is 124 cm³/mol. The molecule has 9 heteroatoms. The normalized spacial score (nSPS) is 55.2. The van der Waals surface area contributed by atoms with Crippen LogP contribution in [-0.2, 0) is 9.47 Å². The molecule has 0 aromatic heterocycles. The molecule has 0 aromatic rings. The maximum absolute atomic E-state index is 12.2. The molecule has 2 bridgehead atoms. The number of aliphatic hydroxyl groups is 7. The van der Waals surface area contributed by atoms with Gasteiger partial charge in [0.15, 0.2) is 6.29 Å². The van der Waals surface area contributed by atoms with Gasteiger partial charge in [-0.15, -0.1) is 0 Å². The summed E-state index contributed by atoms with van der Waals surface area (Å²) in [6.45, 7) is 9.44. The van der Waals surface area contributed by atoms with Crippen molar-refractivity contribution in [2.45, 2.75) is 101 Å². The van der Waals surface area contributed by atoms with Gasteiger partial charge in [0.1, 0.15) is 30.0 Å². The summed E-state index contributed by atoms with van der Waals surface area (Å²) in [5.74, 6) is -0.555. The van der Waals surface area contributed by atoms with Crippen LogP contribution in [0.2, 0.25) is 0 Å². The van der Waals surface area contributed by atoms with Crippen LogP contribution in [0.5, 0.6) is 0 Å². The Bertz CT molecular complexity index is 901. The van der Waals surface area contributed by atoms with Gasteiger partial charge in [-0.25, -0.2) is 0 Å². The third-order valence-electron chi connectivity index (χ3n) is 10.3. The zero-order valence-electron chi connectivity index (χ0n) is 20.6. The third kappa shape index (κ3) is 3.26. The molecule has 1 aliphatic heterocycles. The van der Waals surface area contributed by atoms with E-state index in [-0.39, 0.29) is 18.3 Å². The number of rotatable bonds is 3. The zero-order chi connectivity index (χ0) is 25.7. The maximum atomic E-state index is 12.2. The molecule has 5 rings (SSSR count). The van der Waals surface area contributed by atoms with Crippen molar-refractivity contribution >= 4 is 0 Å². The Hall–Kier alpha value is -0.880. The van der Waals surface area contributed by atoms with Gasteiger partial charge in [-0.1, -0.05) is 37.6 Å². The Kier molecular flexibility index (Phi) is 6.12. The molecule has 0 radical (unpaired) electrons. The van der Waals surface area contributed by atoms with E-state index in [9.17, 15) is 35.7 Å². The first kappa shape index (κ1) is 25.8. The molecule has 4 aliphatic carbocycles. The van der Waals surface area contributed by atoms with Gasteiger partial charge in [-0.2, -0.15) is 0 Å². The summed E-state index contributed by atoms with van der Waals surface area (Å²) >= 11 is 0. The van der Waals surface area contributed by atoms with Crippen molar-refractivity contribution in [1.82, 2.24) is 0 Å². The third-order valence-corrected chi connectivity index (χ3v) is 10.3. The number of aliphatic hydroxyl groups excluding tert-OH is 6. The van der Waals surface area contributed by atoms with Gasteiger partial charge in [-0.05, 0) is 38.5 Å². The van der Waals surface area contributed by atoms with Crippen molar-refractivity contribution in [3.8, 4) is 0 Å². The van der Waals surface area contributed by atoms with E-state index in [1.54, 1.807) is 13.8 Å². The lowest BCUT2D eigenvalue weighted by atomic mass is 9.60. The lowest BCUT2D eigenvalue weighted by molar-refractivity contribution is -0.321. The minimum absolute atomic E-state index is 0.0640. The molecule has 13 atom stereocenters. The summed E-state index contributed by atoms with van der Waals surface area (Å²) in [7, 11) is 0. The largest absolute Gasteiger partial charge is 0.394 e. The first-order valence-corrected chi connectivity index (χ1v) is 12.7. The molecule has 1 heterocycles. The molecule has 3 saturated carbocycles. The molecule has 35 heavy (non-hydrogen) atoms. The molecule has 198 valence electrons. The van der Waals surface area contributed by atoms with Crippen LogP contribution in [0.4, 0.5) is 0 Å². The average Bonchev–Trinajstić information content (AvgIpc) is 3.04. The van der Waals surface area contributed by atoms with E-state index < -0.39 is 78.0 Å². The highest BCUT2D eigenvalue weighted by atomic mass is 16.7. The minimum atomic E-state index is -1.62. The van der Waals surface area contributed by atoms with E-state index >= 15 is 0 Å². The zero-order valence-corrected chi connectivity index (χ0v) is 20.6. The first-order chi connectivity index (χ1) is 16.3. The van der Waals surface area contributed by atoms with E-state index in [0.717, 1.165) is 24.0 Å². The van der Waals surface area contributed by atoms with Crippen molar-refractivity contribution in [3.63, 3.8) is 0 Å². The van der Waals surface area contributed by atoms with Gasteiger partial charge in [0, 0.05) is 22.7 Å². The van der Waals surface area contributed by atoms with Crippen LogP contribution in [0.15, 0.2) is 23.8 Å². The van der Waals surface area contributed by atoms with Gasteiger partial charge in [-0.3, -0.25) is 0 Å². The van der Waals surface area contributed by atoms with Gasteiger partial charge in [0.2, 0.25) is 0 Å². The summed E-state index contributed by atoms with van der Waals surface area (Å²) in [5.41, 5.74) is -1.38. The van der Waals surface area contributed by atoms with Crippen LogP contribution in [-0.4, -0.2) is 97.0 Å². The number of hydrogen-bond donors (Lipinski definition) is 7. The lowest BCUT2D eigenvalue weighted by Crippen LogP contribution is -2.61. The fraction of sp³-hybridized carbons (Fsp3) is 0.846. The highest BCUT2D eigenvalue weighted by molar-refractivity contribution is 5.37. The van der Waals surface area contributed by atoms with E-state index in [4.69, 9.17) is 9.47 Å². The number of hydrogen-bond acceptors (Lipinski definition) is 9. The molecule has 0 unspecified atom stereocenters. The smallest absolute Gasteiger partial charge is 0.186 e. The van der Waals surface area contributed by atoms with Crippen LogP contribution < -0.4 is 0 Å². The van der Waals surface area contributed by atoms with Crippen molar-refractivity contribution < 1.29 is 45.2 Å². The van der Waals surface area contributed by atoms with Crippen molar-refractivity contribution in [3.05, 3.63) is 23.8 Å². The highest BCUT2D eigenvalue weighted by Gasteiger charge is 2.70. The molecule has 5 aliphatic rings. The Morgan fingerprint density at radius 1 is 1.06 bits per heavy atom. The second-order valence-electron chi connectivity index (χ2n) is 12.1. The molecule has 0 aromatic carbocycles. The summed E-state index contributed by atoms with van der Waals surface area (Å²) in [6, 6.07) is 0. The number of ether oxygens (including phenoxy) is 2. The number of fused-ring (bicyclic) bond motifs is 2. The second kappa shape index (κ2) is 8.31. The van der Waals surface area contributed by atoms with E-state index in [1.165, 1.54) is 0 Å². The van der Waals surface area contributed by atoms with Crippen molar-refractivity contribution in [2.75, 3.05) is 6.61 Å². The van der Waals surface area contributed by atoms with Gasteiger partial charge in [0.25, 0.3) is 0 Å². The second-order valence-corrected chi connectivity index (χ2v) is 12.1. The molecular weight excluding hydrogens is 456 g/mol. The van der Waals surface area contributed by atoms with Crippen LogP contribution >= 0.6 is 0 Å². The Morgan fingerprint density at radius 3 is 2.40 bits per heavy atom. The maximum Gasteiger partial charge on any atom is 0.186 e. The highest BCUT2D eigenvalue weighted by Crippen LogP contribution is 2.66. The predicted octanol–water partition coefficient (Wildman–Crippen LogP) is -0.397. The minimum Gasteiger partial charge on any atom is -0.394 e. The molecular formula is C26H40O9. The van der Waals surface area contributed by atoms with Gasteiger partial charge < -0.3 is 45.2 Å². The van der Waals surface area contributed by atoms with Crippen LogP contribution in [0.1, 0.15) is 46.5 Å². The molecule has 7 N–H and O–H groups in total. The molecule has 1 spiro atoms. The Labute approximate surface area is 205 Å². The van der Waals surface area contributed by atoms with Crippen LogP contribution in [0, 0.1) is 28.6 Å². The summed E-state index contributed by atoms with van der Waals surface area (Å²) in [5, 5.41) is 75.4. The quantitative estimate of drug-likeness (QED) is 0.258. The van der Waals surface area contributed by atoms with Crippen molar-refractivity contribution in [1.29, 1.82) is 0 Å². The van der Waals surface area contributed by atoms with E-state index in [2.05, 4.69) is 12.7 Å². The van der Waals surface area contributed by atoms with Crippen LogP contribution in [0.3, 0.4) is 0 Å². The Morgan fingerprint density at radius 2 is 1.74 bits per heavy atom. The molecule has 1 saturated heterocycles. The molecule has 0 amide bonds. The summed E-state index contributed by atoms with van der Waals surface area (Å²) in [4.78, 5) is 0.